The summed E-state index contributed by atoms with van der Waals surface area (Å²) in [5.41, 5.74) is 1.05. The fourth-order valence-corrected chi connectivity index (χ4v) is 3.00. The van der Waals surface area contributed by atoms with E-state index in [1.165, 1.54) is 0 Å². The molecule has 1 saturated heterocycles. The van der Waals surface area contributed by atoms with Crippen molar-refractivity contribution < 1.29 is 9.59 Å². The van der Waals surface area contributed by atoms with Gasteiger partial charge in [-0.05, 0) is 17.4 Å². The van der Waals surface area contributed by atoms with Crippen molar-refractivity contribution in [3.63, 3.8) is 0 Å². The summed E-state index contributed by atoms with van der Waals surface area (Å²) in [7, 11) is 0. The Balaban J connectivity index is 2.30. The van der Waals surface area contributed by atoms with Crippen molar-refractivity contribution in [2.45, 2.75) is 52.7 Å². The first-order chi connectivity index (χ1) is 10.5. The molecular weight excluding hydrogens is 276 g/mol. The van der Waals surface area contributed by atoms with Crippen LogP contribution in [-0.2, 0) is 16.1 Å². The Morgan fingerprint density at radius 3 is 2.32 bits per heavy atom. The number of carbonyl (C=O) groups excluding carboxylic acids is 2. The molecule has 1 aromatic carbocycles. The van der Waals surface area contributed by atoms with E-state index >= 15 is 0 Å². The zero-order valence-corrected chi connectivity index (χ0v) is 13.9. The van der Waals surface area contributed by atoms with Crippen LogP contribution in [0.1, 0.15) is 39.7 Å². The van der Waals surface area contributed by atoms with E-state index in [1.54, 1.807) is 4.90 Å². The molecule has 1 N–H and O–H groups in total. The number of nitrogens with one attached hydrogen (secondary N) is 1. The van der Waals surface area contributed by atoms with Gasteiger partial charge in [-0.25, -0.2) is 0 Å². The molecule has 0 saturated carbocycles. The average Bonchev–Trinajstić information content (AvgIpc) is 2.50. The number of benzene rings is 1. The summed E-state index contributed by atoms with van der Waals surface area (Å²) in [5, 5.41) is 2.93. The maximum Gasteiger partial charge on any atom is 0.246 e. The van der Waals surface area contributed by atoms with Gasteiger partial charge < -0.3 is 10.2 Å². The minimum Gasteiger partial charge on any atom is -0.342 e. The van der Waals surface area contributed by atoms with E-state index in [0.717, 1.165) is 12.0 Å². The first-order valence-corrected chi connectivity index (χ1v) is 8.10. The van der Waals surface area contributed by atoms with Crippen molar-refractivity contribution in [2.75, 3.05) is 0 Å². The van der Waals surface area contributed by atoms with Crippen LogP contribution in [0.2, 0.25) is 0 Å². The Morgan fingerprint density at radius 1 is 1.14 bits per heavy atom. The van der Waals surface area contributed by atoms with Crippen molar-refractivity contribution in [2.24, 2.45) is 11.8 Å². The molecule has 2 rings (SSSR count). The van der Waals surface area contributed by atoms with Crippen LogP contribution in [0.25, 0.3) is 0 Å². The fraction of sp³-hybridized carbons (Fsp3) is 0.556. The van der Waals surface area contributed by atoms with Gasteiger partial charge in [0.15, 0.2) is 0 Å². The normalized spacial score (nSPS) is 23.6. The molecule has 3 unspecified atom stereocenters. The number of carbonyl (C=O) groups is 2. The third kappa shape index (κ3) is 3.32. The van der Waals surface area contributed by atoms with Crippen LogP contribution in [0.4, 0.5) is 0 Å². The SMILES string of the molecule is CCC(C)C1NC(=O)C(C(C)C)N(Cc2ccccc2)C1=O. The fourth-order valence-electron chi connectivity index (χ4n) is 3.00. The van der Waals surface area contributed by atoms with Crippen molar-refractivity contribution in [3.8, 4) is 0 Å². The minimum absolute atomic E-state index is 0.0316. The number of hydrogen-bond acceptors (Lipinski definition) is 2. The lowest BCUT2D eigenvalue weighted by Gasteiger charge is -2.42. The van der Waals surface area contributed by atoms with Crippen molar-refractivity contribution >= 4 is 11.8 Å². The summed E-state index contributed by atoms with van der Waals surface area (Å²) in [6.45, 7) is 8.51. The predicted molar refractivity (Wildman–Crippen MR) is 87.0 cm³/mol. The number of amides is 2. The van der Waals surface area contributed by atoms with E-state index in [9.17, 15) is 9.59 Å². The molecule has 22 heavy (non-hydrogen) atoms. The van der Waals surface area contributed by atoms with Gasteiger partial charge in [-0.2, -0.15) is 0 Å². The summed E-state index contributed by atoms with van der Waals surface area (Å²) in [6.07, 6.45) is 0.863. The molecule has 1 fully saturated rings. The predicted octanol–water partition coefficient (Wildman–Crippen LogP) is 2.58. The summed E-state index contributed by atoms with van der Waals surface area (Å²) < 4.78 is 0. The molecule has 4 heteroatoms. The third-order valence-corrected chi connectivity index (χ3v) is 4.49. The lowest BCUT2D eigenvalue weighted by atomic mass is 9.90. The smallest absolute Gasteiger partial charge is 0.246 e. The number of rotatable bonds is 5. The van der Waals surface area contributed by atoms with Gasteiger partial charge in [-0.15, -0.1) is 0 Å². The highest BCUT2D eigenvalue weighted by Gasteiger charge is 2.43. The monoisotopic (exact) mass is 302 g/mol. The molecule has 0 aliphatic carbocycles. The Morgan fingerprint density at radius 2 is 1.77 bits per heavy atom. The quantitative estimate of drug-likeness (QED) is 0.909. The molecule has 1 aromatic rings. The largest absolute Gasteiger partial charge is 0.342 e. The maximum absolute atomic E-state index is 12.9. The third-order valence-electron chi connectivity index (χ3n) is 4.49. The van der Waals surface area contributed by atoms with E-state index in [-0.39, 0.29) is 23.7 Å². The van der Waals surface area contributed by atoms with E-state index in [4.69, 9.17) is 0 Å². The highest BCUT2D eigenvalue weighted by atomic mass is 16.2. The first kappa shape index (κ1) is 16.5. The van der Waals surface area contributed by atoms with Crippen LogP contribution < -0.4 is 5.32 Å². The molecule has 0 aromatic heterocycles. The summed E-state index contributed by atoms with van der Waals surface area (Å²) in [5.74, 6) is 0.237. The molecule has 1 aliphatic heterocycles. The molecule has 120 valence electrons. The van der Waals surface area contributed by atoms with Gasteiger partial charge >= 0.3 is 0 Å². The second-order valence-electron chi connectivity index (χ2n) is 6.51. The molecule has 3 atom stereocenters. The van der Waals surface area contributed by atoms with E-state index < -0.39 is 12.1 Å². The molecule has 4 nitrogen and oxygen atoms in total. The highest BCUT2D eigenvalue weighted by Crippen LogP contribution is 2.24. The Bertz CT molecular complexity index is 527. The van der Waals surface area contributed by atoms with Crippen LogP contribution in [0.15, 0.2) is 30.3 Å². The van der Waals surface area contributed by atoms with Crippen LogP contribution >= 0.6 is 0 Å². The van der Waals surface area contributed by atoms with Crippen molar-refractivity contribution in [1.29, 1.82) is 0 Å². The van der Waals surface area contributed by atoms with Crippen molar-refractivity contribution in [3.05, 3.63) is 35.9 Å². The van der Waals surface area contributed by atoms with Gasteiger partial charge in [-0.3, -0.25) is 9.59 Å². The van der Waals surface area contributed by atoms with Crippen molar-refractivity contribution in [1.82, 2.24) is 10.2 Å². The van der Waals surface area contributed by atoms with Gasteiger partial charge in [0, 0.05) is 6.54 Å². The molecule has 2 amide bonds. The Kier molecular flexibility index (Phi) is 5.22. The van der Waals surface area contributed by atoms with Crippen LogP contribution in [0, 0.1) is 11.8 Å². The van der Waals surface area contributed by atoms with E-state index in [2.05, 4.69) is 5.32 Å². The molecule has 1 aliphatic rings. The minimum atomic E-state index is -0.406. The number of nitrogens with zero attached hydrogens (tertiary/aromatic N) is 1. The topological polar surface area (TPSA) is 49.4 Å². The summed E-state index contributed by atoms with van der Waals surface area (Å²) in [6, 6.07) is 9.06. The number of hydrogen-bond donors (Lipinski definition) is 1. The molecule has 0 bridgehead atoms. The molecule has 1 heterocycles. The highest BCUT2D eigenvalue weighted by molar-refractivity contribution is 5.97. The zero-order chi connectivity index (χ0) is 16.3. The average molecular weight is 302 g/mol. The van der Waals surface area contributed by atoms with Gasteiger partial charge in [-0.1, -0.05) is 64.4 Å². The Hall–Kier alpha value is -1.84. The second kappa shape index (κ2) is 6.95. The van der Waals surface area contributed by atoms with Gasteiger partial charge in [0.2, 0.25) is 11.8 Å². The standard InChI is InChI=1S/C18H26N2O2/c1-5-13(4)15-18(22)20(11-14-9-7-6-8-10-14)16(12(2)3)17(21)19-15/h6-10,12-13,15-16H,5,11H2,1-4H3,(H,19,21). The number of piperazine rings is 1. The summed E-state index contributed by atoms with van der Waals surface area (Å²) in [4.78, 5) is 27.2. The molecule has 0 radical (unpaired) electrons. The molecule has 0 spiro atoms. The maximum atomic E-state index is 12.9. The summed E-state index contributed by atoms with van der Waals surface area (Å²) >= 11 is 0. The van der Waals surface area contributed by atoms with E-state index in [0.29, 0.717) is 6.54 Å². The van der Waals surface area contributed by atoms with Gasteiger partial charge in [0.05, 0.1) is 0 Å². The lowest BCUT2D eigenvalue weighted by molar-refractivity contribution is -0.153. The van der Waals surface area contributed by atoms with Gasteiger partial charge in [0.1, 0.15) is 12.1 Å². The Labute approximate surface area is 132 Å². The van der Waals surface area contributed by atoms with Gasteiger partial charge in [0.25, 0.3) is 0 Å². The zero-order valence-electron chi connectivity index (χ0n) is 13.9. The van der Waals surface area contributed by atoms with E-state index in [1.807, 2.05) is 58.0 Å². The lowest BCUT2D eigenvalue weighted by Crippen LogP contribution is -2.65. The molecular formula is C18H26N2O2. The van der Waals surface area contributed by atoms with Crippen LogP contribution in [0.5, 0.6) is 0 Å². The van der Waals surface area contributed by atoms with Crippen LogP contribution in [0.3, 0.4) is 0 Å². The second-order valence-corrected chi connectivity index (χ2v) is 6.51. The first-order valence-electron chi connectivity index (χ1n) is 8.10. The van der Waals surface area contributed by atoms with Crippen LogP contribution in [-0.4, -0.2) is 28.8 Å².